The van der Waals surface area contributed by atoms with Crippen LogP contribution in [-0.4, -0.2) is 17.8 Å². The summed E-state index contributed by atoms with van der Waals surface area (Å²) in [5.41, 5.74) is 0.876. The van der Waals surface area contributed by atoms with Crippen molar-refractivity contribution in [3.63, 3.8) is 0 Å². The molecule has 4 heteroatoms. The molecular formula is C14H17ClN2S. The fraction of sp³-hybridized carbons (Fsp3) is 0.500. The van der Waals surface area contributed by atoms with E-state index in [0.29, 0.717) is 5.25 Å². The Kier molecular flexibility index (Phi) is 4.55. The van der Waals surface area contributed by atoms with E-state index in [4.69, 9.17) is 11.6 Å². The van der Waals surface area contributed by atoms with E-state index in [1.807, 2.05) is 37.0 Å². The van der Waals surface area contributed by atoms with Gasteiger partial charge in [0.2, 0.25) is 0 Å². The van der Waals surface area contributed by atoms with E-state index < -0.39 is 0 Å². The van der Waals surface area contributed by atoms with Crippen LogP contribution in [-0.2, 0) is 5.75 Å². The first-order valence-electron chi connectivity index (χ1n) is 6.14. The molecule has 1 N–H and O–H groups in total. The second kappa shape index (κ2) is 5.97. The molecule has 2 unspecified atom stereocenters. The van der Waals surface area contributed by atoms with Crippen molar-refractivity contribution in [3.05, 3.63) is 34.9 Å². The van der Waals surface area contributed by atoms with Crippen LogP contribution in [0, 0.1) is 11.3 Å². The van der Waals surface area contributed by atoms with Gasteiger partial charge in [0.25, 0.3) is 0 Å². The number of nitrogens with zero attached hydrogens (tertiary/aromatic N) is 1. The molecule has 2 atom stereocenters. The zero-order valence-corrected chi connectivity index (χ0v) is 12.0. The summed E-state index contributed by atoms with van der Waals surface area (Å²) in [5, 5.41) is 13.8. The smallest absolute Gasteiger partial charge is 0.107 e. The van der Waals surface area contributed by atoms with Gasteiger partial charge in [-0.25, -0.2) is 0 Å². The van der Waals surface area contributed by atoms with Gasteiger partial charge >= 0.3 is 0 Å². The molecule has 0 aromatic heterocycles. The van der Waals surface area contributed by atoms with Crippen LogP contribution in [0.25, 0.3) is 0 Å². The van der Waals surface area contributed by atoms with E-state index >= 15 is 0 Å². The summed E-state index contributed by atoms with van der Waals surface area (Å²) >= 11 is 8.05. The number of hydrogen-bond acceptors (Lipinski definition) is 3. The molecule has 1 aliphatic carbocycles. The minimum absolute atomic E-state index is 0.307. The Bertz CT molecular complexity index is 457. The summed E-state index contributed by atoms with van der Waals surface area (Å²) in [6.07, 6.45) is 2.97. The average Bonchev–Trinajstić information content (AvgIpc) is 2.82. The maximum absolute atomic E-state index is 9.22. The van der Waals surface area contributed by atoms with E-state index in [-0.39, 0.29) is 5.54 Å². The summed E-state index contributed by atoms with van der Waals surface area (Å²) in [7, 11) is 1.88. The zero-order valence-electron chi connectivity index (χ0n) is 10.4. The highest BCUT2D eigenvalue weighted by molar-refractivity contribution is 7.99. The predicted molar refractivity (Wildman–Crippen MR) is 77.8 cm³/mol. The molecule has 1 saturated carbocycles. The molecule has 1 aromatic rings. The number of hydrogen-bond donors (Lipinski definition) is 1. The van der Waals surface area contributed by atoms with E-state index in [1.165, 1.54) is 5.56 Å². The van der Waals surface area contributed by atoms with Gasteiger partial charge in [0.15, 0.2) is 0 Å². The third-order valence-corrected chi connectivity index (χ3v) is 5.31. The first-order chi connectivity index (χ1) is 8.69. The molecule has 0 bridgehead atoms. The van der Waals surface area contributed by atoms with Gasteiger partial charge in [-0.2, -0.15) is 17.0 Å². The van der Waals surface area contributed by atoms with Crippen molar-refractivity contribution in [2.75, 3.05) is 7.05 Å². The van der Waals surface area contributed by atoms with Crippen LogP contribution in [0.15, 0.2) is 24.3 Å². The first kappa shape index (κ1) is 13.7. The summed E-state index contributed by atoms with van der Waals surface area (Å²) in [6, 6.07) is 10.4. The fourth-order valence-corrected chi connectivity index (χ4v) is 3.99. The third kappa shape index (κ3) is 3.00. The van der Waals surface area contributed by atoms with E-state index in [1.54, 1.807) is 0 Å². The monoisotopic (exact) mass is 280 g/mol. The lowest BCUT2D eigenvalue weighted by atomic mass is 10.0. The van der Waals surface area contributed by atoms with Crippen LogP contribution in [0.5, 0.6) is 0 Å². The predicted octanol–water partition coefficient (Wildman–Crippen LogP) is 3.61. The largest absolute Gasteiger partial charge is 0.302 e. The lowest BCUT2D eigenvalue weighted by molar-refractivity contribution is 0.464. The van der Waals surface area contributed by atoms with Crippen molar-refractivity contribution >= 4 is 23.4 Å². The Morgan fingerprint density at radius 3 is 2.94 bits per heavy atom. The van der Waals surface area contributed by atoms with Gasteiger partial charge < -0.3 is 5.32 Å². The zero-order chi connectivity index (χ0) is 13.0. The SMILES string of the molecule is CNC1(C#N)CCC(SCc2ccccc2Cl)C1. The quantitative estimate of drug-likeness (QED) is 0.915. The number of benzene rings is 1. The number of rotatable bonds is 4. The van der Waals surface area contributed by atoms with Gasteiger partial charge in [0.1, 0.15) is 5.54 Å². The second-order valence-electron chi connectivity index (χ2n) is 4.71. The molecule has 0 spiro atoms. The Balaban J connectivity index is 1.90. The highest BCUT2D eigenvalue weighted by Crippen LogP contribution is 2.38. The standard InChI is InChI=1S/C14H17ClN2S/c1-17-14(10-16)7-6-12(8-14)18-9-11-4-2-3-5-13(11)15/h2-5,12,17H,6-9H2,1H3. The highest BCUT2D eigenvalue weighted by Gasteiger charge is 2.38. The van der Waals surface area contributed by atoms with Crippen molar-refractivity contribution in [3.8, 4) is 6.07 Å². The molecule has 1 fully saturated rings. The molecule has 18 heavy (non-hydrogen) atoms. The van der Waals surface area contributed by atoms with Crippen LogP contribution in [0.1, 0.15) is 24.8 Å². The number of nitrogens with one attached hydrogen (secondary N) is 1. The van der Waals surface area contributed by atoms with Crippen LogP contribution in [0.3, 0.4) is 0 Å². The minimum atomic E-state index is -0.307. The Hall–Kier alpha value is -0.690. The molecule has 0 heterocycles. The van der Waals surface area contributed by atoms with Crippen molar-refractivity contribution in [1.82, 2.24) is 5.32 Å². The average molecular weight is 281 g/mol. The van der Waals surface area contributed by atoms with Gasteiger partial charge in [-0.3, -0.25) is 0 Å². The fourth-order valence-electron chi connectivity index (χ4n) is 2.35. The van der Waals surface area contributed by atoms with E-state index in [0.717, 1.165) is 30.0 Å². The highest BCUT2D eigenvalue weighted by atomic mass is 35.5. The van der Waals surface area contributed by atoms with Gasteiger partial charge in [-0.1, -0.05) is 29.8 Å². The lowest BCUT2D eigenvalue weighted by Gasteiger charge is -2.19. The molecule has 0 aliphatic heterocycles. The van der Waals surface area contributed by atoms with E-state index in [9.17, 15) is 5.26 Å². The van der Waals surface area contributed by atoms with Crippen LogP contribution < -0.4 is 5.32 Å². The van der Waals surface area contributed by atoms with Gasteiger partial charge in [0.05, 0.1) is 6.07 Å². The Labute approximate surface area is 118 Å². The summed E-state index contributed by atoms with van der Waals surface area (Å²) in [5.74, 6) is 0.926. The first-order valence-corrected chi connectivity index (χ1v) is 7.57. The van der Waals surface area contributed by atoms with Crippen molar-refractivity contribution in [2.24, 2.45) is 0 Å². The topological polar surface area (TPSA) is 35.8 Å². The molecule has 1 aliphatic rings. The van der Waals surface area contributed by atoms with Crippen molar-refractivity contribution < 1.29 is 0 Å². The summed E-state index contributed by atoms with van der Waals surface area (Å²) in [6.45, 7) is 0. The lowest BCUT2D eigenvalue weighted by Crippen LogP contribution is -2.38. The number of nitriles is 1. The van der Waals surface area contributed by atoms with Crippen LogP contribution in [0.4, 0.5) is 0 Å². The number of halogens is 1. The Morgan fingerprint density at radius 2 is 2.33 bits per heavy atom. The van der Waals surface area contributed by atoms with Crippen molar-refractivity contribution in [2.45, 2.75) is 35.8 Å². The molecule has 1 aromatic carbocycles. The summed E-state index contributed by atoms with van der Waals surface area (Å²) < 4.78 is 0. The molecule has 0 amide bonds. The maximum Gasteiger partial charge on any atom is 0.107 e. The van der Waals surface area contributed by atoms with Gasteiger partial charge in [-0.05, 0) is 37.9 Å². The molecular weight excluding hydrogens is 264 g/mol. The van der Waals surface area contributed by atoms with Crippen molar-refractivity contribution in [1.29, 1.82) is 5.26 Å². The minimum Gasteiger partial charge on any atom is -0.302 e. The Morgan fingerprint density at radius 1 is 1.56 bits per heavy atom. The molecule has 2 nitrogen and oxygen atoms in total. The normalized spacial score (nSPS) is 27.1. The molecule has 96 valence electrons. The van der Waals surface area contributed by atoms with E-state index in [2.05, 4.69) is 17.5 Å². The number of thioether (sulfide) groups is 1. The molecule has 0 radical (unpaired) electrons. The second-order valence-corrected chi connectivity index (χ2v) is 6.41. The third-order valence-electron chi connectivity index (χ3n) is 3.59. The van der Waals surface area contributed by atoms with Crippen LogP contribution >= 0.6 is 23.4 Å². The molecule has 2 rings (SSSR count). The van der Waals surface area contributed by atoms with Gasteiger partial charge in [0, 0.05) is 16.0 Å². The molecule has 0 saturated heterocycles. The van der Waals surface area contributed by atoms with Crippen LogP contribution in [0.2, 0.25) is 5.02 Å². The maximum atomic E-state index is 9.22. The summed E-state index contributed by atoms with van der Waals surface area (Å²) in [4.78, 5) is 0. The van der Waals surface area contributed by atoms with Gasteiger partial charge in [-0.15, -0.1) is 0 Å².